The lowest BCUT2D eigenvalue weighted by Gasteiger charge is -2.12. The molecule has 0 radical (unpaired) electrons. The highest BCUT2D eigenvalue weighted by Gasteiger charge is 2.19. The second kappa shape index (κ2) is 6.29. The molecule has 1 atom stereocenters. The van der Waals surface area contributed by atoms with Crippen LogP contribution in [0.3, 0.4) is 0 Å². The Hall–Kier alpha value is -1.51. The van der Waals surface area contributed by atoms with Crippen LogP contribution in [0.4, 0.5) is 5.95 Å². The number of aromatic nitrogens is 2. The summed E-state index contributed by atoms with van der Waals surface area (Å²) in [6.45, 7) is 4.39. The van der Waals surface area contributed by atoms with E-state index in [2.05, 4.69) is 20.0 Å². The van der Waals surface area contributed by atoms with Gasteiger partial charge in [-0.3, -0.25) is 0 Å². The minimum absolute atomic E-state index is 0.0567. The van der Waals surface area contributed by atoms with E-state index in [0.29, 0.717) is 12.5 Å². The van der Waals surface area contributed by atoms with Gasteiger partial charge < -0.3 is 5.32 Å². The smallest absolute Gasteiger partial charge is 0.244 e. The summed E-state index contributed by atoms with van der Waals surface area (Å²) in [5, 5.41) is 6.74. The molecule has 0 aliphatic carbocycles. The highest BCUT2D eigenvalue weighted by atomic mass is 32.2. The van der Waals surface area contributed by atoms with Gasteiger partial charge in [0.15, 0.2) is 0 Å². The molecule has 0 fully saturated rings. The molecule has 2 heterocycles. The summed E-state index contributed by atoms with van der Waals surface area (Å²) in [7, 11) is -3.62. The first-order valence-corrected chi connectivity index (χ1v) is 8.56. The summed E-state index contributed by atoms with van der Waals surface area (Å²) in [5.41, 5.74) is 0.934. The molecule has 2 rings (SSSR count). The predicted molar refractivity (Wildman–Crippen MR) is 79.3 cm³/mol. The maximum Gasteiger partial charge on any atom is 0.244 e. The summed E-state index contributed by atoms with van der Waals surface area (Å²) >= 11 is 1.53. The van der Waals surface area contributed by atoms with Crippen LogP contribution in [-0.2, 0) is 10.0 Å². The zero-order valence-corrected chi connectivity index (χ0v) is 12.8. The Kier molecular flexibility index (Phi) is 4.69. The van der Waals surface area contributed by atoms with Crippen molar-refractivity contribution in [3.63, 3.8) is 0 Å². The number of rotatable bonds is 6. The van der Waals surface area contributed by atoms with E-state index >= 15 is 0 Å². The number of hydrogen-bond acceptors (Lipinski definition) is 6. The van der Waals surface area contributed by atoms with E-state index in [1.165, 1.54) is 23.7 Å². The normalized spacial score (nSPS) is 13.1. The van der Waals surface area contributed by atoms with E-state index in [1.54, 1.807) is 6.92 Å². The third-order valence-corrected chi connectivity index (χ3v) is 4.85. The molecule has 0 aliphatic heterocycles. The zero-order chi connectivity index (χ0) is 14.6. The molecule has 0 amide bonds. The van der Waals surface area contributed by atoms with Gasteiger partial charge in [0, 0.05) is 12.6 Å². The molecule has 0 saturated carbocycles. The summed E-state index contributed by atoms with van der Waals surface area (Å²) < 4.78 is 27.0. The minimum atomic E-state index is -3.62. The molecule has 0 saturated heterocycles. The van der Waals surface area contributed by atoms with Crippen LogP contribution in [0, 0.1) is 0 Å². The van der Waals surface area contributed by atoms with Crippen molar-refractivity contribution in [2.24, 2.45) is 0 Å². The zero-order valence-electron chi connectivity index (χ0n) is 11.2. The van der Waals surface area contributed by atoms with Crippen LogP contribution < -0.4 is 10.0 Å². The van der Waals surface area contributed by atoms with Gasteiger partial charge in [-0.1, -0.05) is 0 Å². The predicted octanol–water partition coefficient (Wildman–Crippen LogP) is 2.01. The molecule has 20 heavy (non-hydrogen) atoms. The van der Waals surface area contributed by atoms with Crippen LogP contribution in [0.2, 0.25) is 0 Å². The maximum absolute atomic E-state index is 12.2. The Balaban J connectivity index is 2.13. The first-order chi connectivity index (χ1) is 9.53. The van der Waals surface area contributed by atoms with Crippen molar-refractivity contribution in [1.29, 1.82) is 0 Å². The van der Waals surface area contributed by atoms with Gasteiger partial charge in [-0.15, -0.1) is 0 Å². The Morgan fingerprint density at radius 2 is 2.05 bits per heavy atom. The summed E-state index contributed by atoms with van der Waals surface area (Å²) in [6.07, 6.45) is 2.60. The van der Waals surface area contributed by atoms with Crippen molar-refractivity contribution in [1.82, 2.24) is 14.7 Å². The van der Waals surface area contributed by atoms with Crippen molar-refractivity contribution in [2.45, 2.75) is 24.8 Å². The van der Waals surface area contributed by atoms with Gasteiger partial charge in [0.1, 0.15) is 4.90 Å². The van der Waals surface area contributed by atoms with Crippen LogP contribution in [0.1, 0.15) is 25.5 Å². The fraction of sp³-hybridized carbons (Fsp3) is 0.333. The molecule has 0 aromatic carbocycles. The van der Waals surface area contributed by atoms with Gasteiger partial charge in [-0.05, 0) is 36.2 Å². The second-order valence-electron chi connectivity index (χ2n) is 4.17. The monoisotopic (exact) mass is 312 g/mol. The molecule has 108 valence electrons. The van der Waals surface area contributed by atoms with Crippen LogP contribution in [-0.4, -0.2) is 24.9 Å². The number of anilines is 1. The van der Waals surface area contributed by atoms with Gasteiger partial charge >= 0.3 is 0 Å². The molecule has 2 N–H and O–H groups in total. The molecular formula is C12H16N4O2S2. The molecule has 8 heteroatoms. The molecule has 2 aromatic heterocycles. The van der Waals surface area contributed by atoms with Gasteiger partial charge in [-0.25, -0.2) is 23.1 Å². The maximum atomic E-state index is 12.2. The standard InChI is InChI=1S/C12H16N4O2S2/c1-3-13-12-14-6-11(7-15-12)20(17,18)16-9(2)10-4-5-19-8-10/h4-9,16H,3H2,1-2H3,(H,13,14,15). The van der Waals surface area contributed by atoms with Crippen LogP contribution in [0.5, 0.6) is 0 Å². The number of thiophene rings is 1. The molecule has 2 aromatic rings. The van der Waals surface area contributed by atoms with Crippen LogP contribution in [0.25, 0.3) is 0 Å². The molecule has 0 spiro atoms. The molecule has 0 bridgehead atoms. The van der Waals surface area contributed by atoms with Crippen molar-refractivity contribution in [3.05, 3.63) is 34.8 Å². The van der Waals surface area contributed by atoms with Crippen molar-refractivity contribution >= 4 is 27.3 Å². The summed E-state index contributed by atoms with van der Waals surface area (Å²) in [5.74, 6) is 0.414. The minimum Gasteiger partial charge on any atom is -0.355 e. The third-order valence-electron chi connectivity index (χ3n) is 2.65. The lowest BCUT2D eigenvalue weighted by molar-refractivity contribution is 0.566. The lowest BCUT2D eigenvalue weighted by atomic mass is 10.2. The SMILES string of the molecule is CCNc1ncc(S(=O)(=O)NC(C)c2ccsc2)cn1. The lowest BCUT2D eigenvalue weighted by Crippen LogP contribution is -2.27. The quantitative estimate of drug-likeness (QED) is 0.852. The molecule has 0 aliphatic rings. The average molecular weight is 312 g/mol. The third kappa shape index (κ3) is 3.53. The highest BCUT2D eigenvalue weighted by Crippen LogP contribution is 2.18. The Bertz CT molecular complexity index is 639. The van der Waals surface area contributed by atoms with E-state index in [-0.39, 0.29) is 10.9 Å². The van der Waals surface area contributed by atoms with Crippen molar-refractivity contribution in [2.75, 3.05) is 11.9 Å². The van der Waals surface area contributed by atoms with Gasteiger partial charge in [0.05, 0.1) is 12.4 Å². The van der Waals surface area contributed by atoms with Gasteiger partial charge in [-0.2, -0.15) is 11.3 Å². The van der Waals surface area contributed by atoms with Crippen LogP contribution >= 0.6 is 11.3 Å². The largest absolute Gasteiger partial charge is 0.355 e. The van der Waals surface area contributed by atoms with Crippen molar-refractivity contribution < 1.29 is 8.42 Å². The molecule has 1 unspecified atom stereocenters. The van der Waals surface area contributed by atoms with Crippen molar-refractivity contribution in [3.8, 4) is 0 Å². The highest BCUT2D eigenvalue weighted by molar-refractivity contribution is 7.89. The fourth-order valence-corrected chi connectivity index (χ4v) is 3.47. The topological polar surface area (TPSA) is 84.0 Å². The number of sulfonamides is 1. The number of nitrogens with zero attached hydrogens (tertiary/aromatic N) is 2. The molecule has 6 nitrogen and oxygen atoms in total. The van der Waals surface area contributed by atoms with E-state index in [9.17, 15) is 8.42 Å². The van der Waals surface area contributed by atoms with E-state index in [4.69, 9.17) is 0 Å². The van der Waals surface area contributed by atoms with Gasteiger partial charge in [0.2, 0.25) is 16.0 Å². The van der Waals surface area contributed by atoms with E-state index in [0.717, 1.165) is 5.56 Å². The van der Waals surface area contributed by atoms with E-state index < -0.39 is 10.0 Å². The summed E-state index contributed by atoms with van der Waals surface area (Å²) in [6, 6.07) is 1.60. The first-order valence-electron chi connectivity index (χ1n) is 6.13. The van der Waals surface area contributed by atoms with E-state index in [1.807, 2.05) is 23.8 Å². The first kappa shape index (κ1) is 14.9. The van der Waals surface area contributed by atoms with Gasteiger partial charge in [0.25, 0.3) is 0 Å². The Morgan fingerprint density at radius 1 is 1.35 bits per heavy atom. The average Bonchev–Trinajstić information content (AvgIpc) is 2.93. The number of hydrogen-bond donors (Lipinski definition) is 2. The summed E-state index contributed by atoms with van der Waals surface area (Å²) in [4.78, 5) is 7.99. The second-order valence-corrected chi connectivity index (χ2v) is 6.67. The number of nitrogens with one attached hydrogen (secondary N) is 2. The molecular weight excluding hydrogens is 296 g/mol. The van der Waals surface area contributed by atoms with Crippen LogP contribution in [0.15, 0.2) is 34.1 Å². The Labute approximate surface area is 122 Å². The fourth-order valence-electron chi connectivity index (χ4n) is 1.59. The Morgan fingerprint density at radius 3 is 2.60 bits per heavy atom.